The summed E-state index contributed by atoms with van der Waals surface area (Å²) in [5, 5.41) is 25.9. The SMILES string of the molecule is O=C(O)C1=CC(=NN=C2CC=CC(C(=O)O)C2)CC=C1. The summed E-state index contributed by atoms with van der Waals surface area (Å²) >= 11 is 0. The van der Waals surface area contributed by atoms with Crippen molar-refractivity contribution in [2.45, 2.75) is 19.3 Å². The maximum atomic E-state index is 10.9. The fourth-order valence-corrected chi connectivity index (χ4v) is 1.96. The highest BCUT2D eigenvalue weighted by atomic mass is 16.4. The molecule has 2 aliphatic carbocycles. The average Bonchev–Trinajstić information content (AvgIpc) is 2.45. The molecular weight excluding hydrogens is 260 g/mol. The van der Waals surface area contributed by atoms with Crippen LogP contribution in [-0.2, 0) is 9.59 Å². The predicted molar refractivity (Wildman–Crippen MR) is 73.8 cm³/mol. The molecule has 20 heavy (non-hydrogen) atoms. The third kappa shape index (κ3) is 3.50. The van der Waals surface area contributed by atoms with Crippen molar-refractivity contribution >= 4 is 23.4 Å². The molecule has 6 heteroatoms. The van der Waals surface area contributed by atoms with Crippen LogP contribution >= 0.6 is 0 Å². The van der Waals surface area contributed by atoms with E-state index < -0.39 is 17.9 Å². The van der Waals surface area contributed by atoms with E-state index in [1.54, 1.807) is 18.2 Å². The standard InChI is InChI=1S/C14H14N2O4/c17-13(18)9-3-1-5-11(7-9)15-16-12-6-2-4-10(8-12)14(19)20/h1-4,7,10H,5-6,8H2,(H,17,18)(H,19,20). The van der Waals surface area contributed by atoms with E-state index >= 15 is 0 Å². The molecule has 0 heterocycles. The molecule has 0 aromatic rings. The van der Waals surface area contributed by atoms with Gasteiger partial charge < -0.3 is 10.2 Å². The first-order valence-corrected chi connectivity index (χ1v) is 6.19. The number of carboxylic acids is 2. The van der Waals surface area contributed by atoms with Gasteiger partial charge in [0.05, 0.1) is 17.2 Å². The maximum Gasteiger partial charge on any atom is 0.335 e. The van der Waals surface area contributed by atoms with Crippen molar-refractivity contribution in [2.75, 3.05) is 0 Å². The van der Waals surface area contributed by atoms with Gasteiger partial charge in [-0.2, -0.15) is 10.2 Å². The van der Waals surface area contributed by atoms with Gasteiger partial charge in [0.25, 0.3) is 0 Å². The molecular formula is C14H14N2O4. The molecule has 6 nitrogen and oxygen atoms in total. The zero-order chi connectivity index (χ0) is 14.5. The number of allylic oxidation sites excluding steroid dienone is 3. The molecule has 0 aromatic carbocycles. The Labute approximate surface area is 115 Å². The summed E-state index contributed by atoms with van der Waals surface area (Å²) in [6, 6.07) is 0. The quantitative estimate of drug-likeness (QED) is 0.605. The molecule has 1 atom stereocenters. The van der Waals surface area contributed by atoms with Gasteiger partial charge in [-0.25, -0.2) is 4.79 Å². The van der Waals surface area contributed by atoms with Crippen molar-refractivity contribution in [1.82, 2.24) is 0 Å². The van der Waals surface area contributed by atoms with Crippen LogP contribution in [0.15, 0.2) is 46.2 Å². The lowest BCUT2D eigenvalue weighted by atomic mass is 9.94. The number of carboxylic acid groups (broad SMARTS) is 2. The highest BCUT2D eigenvalue weighted by Gasteiger charge is 2.19. The van der Waals surface area contributed by atoms with Crippen molar-refractivity contribution in [3.8, 4) is 0 Å². The molecule has 0 aliphatic heterocycles. The summed E-state index contributed by atoms with van der Waals surface area (Å²) < 4.78 is 0. The van der Waals surface area contributed by atoms with Gasteiger partial charge in [0.15, 0.2) is 0 Å². The van der Waals surface area contributed by atoms with Gasteiger partial charge in [-0.05, 0) is 6.08 Å². The third-order valence-corrected chi connectivity index (χ3v) is 3.01. The molecule has 0 saturated heterocycles. The average molecular weight is 274 g/mol. The third-order valence-electron chi connectivity index (χ3n) is 3.01. The van der Waals surface area contributed by atoms with Crippen LogP contribution in [0.1, 0.15) is 19.3 Å². The second-order valence-corrected chi connectivity index (χ2v) is 4.55. The highest BCUT2D eigenvalue weighted by Crippen LogP contribution is 2.16. The minimum absolute atomic E-state index is 0.169. The number of rotatable bonds is 3. The molecule has 0 saturated carbocycles. The Morgan fingerprint density at radius 1 is 1.15 bits per heavy atom. The van der Waals surface area contributed by atoms with Crippen LogP contribution < -0.4 is 0 Å². The first kappa shape index (κ1) is 13.9. The summed E-state index contributed by atoms with van der Waals surface area (Å²) in [6.07, 6.45) is 9.56. The highest BCUT2D eigenvalue weighted by molar-refractivity contribution is 6.05. The molecule has 2 rings (SSSR count). The monoisotopic (exact) mass is 274 g/mol. The van der Waals surface area contributed by atoms with E-state index in [4.69, 9.17) is 10.2 Å². The first-order valence-electron chi connectivity index (χ1n) is 6.19. The molecule has 0 bridgehead atoms. The van der Waals surface area contributed by atoms with Crippen LogP contribution in [0.2, 0.25) is 0 Å². The van der Waals surface area contributed by atoms with E-state index in [9.17, 15) is 9.59 Å². The normalized spacial score (nSPS) is 25.8. The van der Waals surface area contributed by atoms with Crippen LogP contribution in [0, 0.1) is 5.92 Å². The topological polar surface area (TPSA) is 99.3 Å². The zero-order valence-electron chi connectivity index (χ0n) is 10.7. The van der Waals surface area contributed by atoms with E-state index in [0.29, 0.717) is 30.7 Å². The van der Waals surface area contributed by atoms with Crippen molar-refractivity contribution in [1.29, 1.82) is 0 Å². The van der Waals surface area contributed by atoms with E-state index in [2.05, 4.69) is 10.2 Å². The maximum absolute atomic E-state index is 10.9. The van der Waals surface area contributed by atoms with Crippen LogP contribution in [0.4, 0.5) is 0 Å². The first-order chi connectivity index (χ1) is 9.56. The molecule has 0 spiro atoms. The van der Waals surface area contributed by atoms with Gasteiger partial charge in [-0.15, -0.1) is 0 Å². The van der Waals surface area contributed by atoms with Gasteiger partial charge in [-0.1, -0.05) is 24.3 Å². The van der Waals surface area contributed by atoms with Crippen LogP contribution in [0.5, 0.6) is 0 Å². The minimum Gasteiger partial charge on any atom is -0.481 e. The Bertz CT molecular complexity index is 582. The second kappa shape index (κ2) is 6.10. The van der Waals surface area contributed by atoms with Crippen molar-refractivity contribution < 1.29 is 19.8 Å². The van der Waals surface area contributed by atoms with E-state index in [-0.39, 0.29) is 5.57 Å². The van der Waals surface area contributed by atoms with E-state index in [1.165, 1.54) is 12.2 Å². The molecule has 0 fully saturated rings. The number of aliphatic carboxylic acids is 2. The summed E-state index contributed by atoms with van der Waals surface area (Å²) in [5.41, 5.74) is 1.41. The Hall–Kier alpha value is -2.50. The van der Waals surface area contributed by atoms with E-state index in [0.717, 1.165) is 0 Å². The lowest BCUT2D eigenvalue weighted by Crippen LogP contribution is -2.18. The van der Waals surface area contributed by atoms with E-state index in [1.807, 2.05) is 0 Å². The Morgan fingerprint density at radius 3 is 2.65 bits per heavy atom. The summed E-state index contributed by atoms with van der Waals surface area (Å²) in [6.45, 7) is 0. The molecule has 2 aliphatic rings. The number of carbonyl (C=O) groups is 2. The lowest BCUT2D eigenvalue weighted by molar-refractivity contribution is -0.140. The molecule has 1 unspecified atom stereocenters. The van der Waals surface area contributed by atoms with Crippen LogP contribution in [-0.4, -0.2) is 33.6 Å². The van der Waals surface area contributed by atoms with Crippen LogP contribution in [0.3, 0.4) is 0 Å². The van der Waals surface area contributed by atoms with Gasteiger partial charge in [0.2, 0.25) is 0 Å². The van der Waals surface area contributed by atoms with Crippen LogP contribution in [0.25, 0.3) is 0 Å². The molecule has 0 radical (unpaired) electrons. The van der Waals surface area contributed by atoms with Gasteiger partial charge >= 0.3 is 11.9 Å². The smallest absolute Gasteiger partial charge is 0.335 e. The molecule has 104 valence electrons. The summed E-state index contributed by atoms with van der Waals surface area (Å²) in [5.74, 6) is -2.44. The second-order valence-electron chi connectivity index (χ2n) is 4.55. The Balaban J connectivity index is 2.11. The zero-order valence-corrected chi connectivity index (χ0v) is 10.7. The largest absolute Gasteiger partial charge is 0.481 e. The van der Waals surface area contributed by atoms with Crippen molar-refractivity contribution in [2.24, 2.45) is 16.1 Å². The van der Waals surface area contributed by atoms with Gasteiger partial charge in [0, 0.05) is 25.0 Å². The molecule has 0 amide bonds. The molecule has 0 aromatic heterocycles. The number of hydrogen-bond donors (Lipinski definition) is 2. The van der Waals surface area contributed by atoms with Crippen molar-refractivity contribution in [3.05, 3.63) is 36.0 Å². The molecule has 2 N–H and O–H groups in total. The lowest BCUT2D eigenvalue weighted by Gasteiger charge is -2.13. The summed E-state index contributed by atoms with van der Waals surface area (Å²) in [7, 11) is 0. The number of nitrogens with zero attached hydrogens (tertiary/aromatic N) is 2. The fraction of sp³-hybridized carbons (Fsp3) is 0.286. The minimum atomic E-state index is -1.01. The van der Waals surface area contributed by atoms with Crippen molar-refractivity contribution in [3.63, 3.8) is 0 Å². The predicted octanol–water partition coefficient (Wildman–Crippen LogP) is 1.81. The Morgan fingerprint density at radius 2 is 1.95 bits per heavy atom. The number of hydrogen-bond acceptors (Lipinski definition) is 4. The summed E-state index contributed by atoms with van der Waals surface area (Å²) in [4.78, 5) is 21.7. The van der Waals surface area contributed by atoms with Gasteiger partial charge in [0.1, 0.15) is 0 Å². The van der Waals surface area contributed by atoms with Gasteiger partial charge in [-0.3, -0.25) is 4.79 Å². The Kier molecular flexibility index (Phi) is 4.24. The fourth-order valence-electron chi connectivity index (χ4n) is 1.96.